The Morgan fingerprint density at radius 2 is 1.96 bits per heavy atom. The molecule has 2 aliphatic heterocycles. The van der Waals surface area contributed by atoms with E-state index in [1.165, 1.54) is 0 Å². The molecule has 0 aromatic carbocycles. The molecule has 1 amide bonds. The molecule has 10 heteroatoms. The molecule has 2 saturated heterocycles. The van der Waals surface area contributed by atoms with Crippen molar-refractivity contribution in [1.29, 1.82) is 0 Å². The van der Waals surface area contributed by atoms with Gasteiger partial charge in [-0.2, -0.15) is 5.10 Å². The molecule has 150 valence electrons. The molecule has 1 unspecified atom stereocenters. The number of carbonyl (C=O) groups excluding carboxylic acids is 1. The van der Waals surface area contributed by atoms with Crippen LogP contribution in [0.2, 0.25) is 0 Å². The second kappa shape index (κ2) is 11.0. The predicted molar refractivity (Wildman–Crippen MR) is 104 cm³/mol. The highest BCUT2D eigenvalue weighted by molar-refractivity contribution is 5.85. The molecular formula is C16H30Cl2N6O2. The molecule has 0 spiro atoms. The topological polar surface area (TPSA) is 75.5 Å². The summed E-state index contributed by atoms with van der Waals surface area (Å²) >= 11 is 0. The highest BCUT2D eigenvalue weighted by atomic mass is 35.5. The van der Waals surface area contributed by atoms with E-state index in [9.17, 15) is 4.79 Å². The van der Waals surface area contributed by atoms with Gasteiger partial charge in [0.05, 0.1) is 19.3 Å². The lowest BCUT2D eigenvalue weighted by Crippen LogP contribution is -2.48. The summed E-state index contributed by atoms with van der Waals surface area (Å²) in [6.07, 6.45) is 0.696. The molecule has 3 rings (SSSR count). The van der Waals surface area contributed by atoms with Gasteiger partial charge in [-0.3, -0.25) is 9.69 Å². The molecule has 2 fully saturated rings. The standard InChI is InChI=1S/C16H28N6O2.2ClH/c1-13-18-14(2)22(19-13)12-15-11-20(9-10-24-15)6-3-16(23)21-7-4-17-5-8-21;;/h15,17H,3-12H2,1-2H3;2*1H. The lowest BCUT2D eigenvalue weighted by molar-refractivity contribution is -0.132. The monoisotopic (exact) mass is 408 g/mol. The lowest BCUT2D eigenvalue weighted by Gasteiger charge is -2.33. The average Bonchev–Trinajstić information content (AvgIpc) is 2.91. The van der Waals surface area contributed by atoms with Crippen molar-refractivity contribution in [2.45, 2.75) is 32.9 Å². The summed E-state index contributed by atoms with van der Waals surface area (Å²) in [6.45, 7) is 11.3. The minimum Gasteiger partial charge on any atom is -0.374 e. The number of hydrogen-bond acceptors (Lipinski definition) is 6. The van der Waals surface area contributed by atoms with Gasteiger partial charge < -0.3 is 15.0 Å². The SMILES string of the molecule is Cc1nc(C)n(CC2CN(CCC(=O)N3CCNCC3)CCO2)n1.Cl.Cl. The maximum Gasteiger partial charge on any atom is 0.223 e. The third kappa shape index (κ3) is 6.35. The van der Waals surface area contributed by atoms with Crippen molar-refractivity contribution in [3.63, 3.8) is 0 Å². The van der Waals surface area contributed by atoms with Crippen molar-refractivity contribution in [2.24, 2.45) is 0 Å². The Hall–Kier alpha value is -0.930. The first-order valence-electron chi connectivity index (χ1n) is 8.82. The highest BCUT2D eigenvalue weighted by Crippen LogP contribution is 2.10. The van der Waals surface area contributed by atoms with Gasteiger partial charge in [0.2, 0.25) is 5.91 Å². The number of ether oxygens (including phenoxy) is 1. The van der Waals surface area contributed by atoms with Crippen molar-refractivity contribution < 1.29 is 9.53 Å². The van der Waals surface area contributed by atoms with Crippen LogP contribution in [0, 0.1) is 13.8 Å². The van der Waals surface area contributed by atoms with E-state index < -0.39 is 0 Å². The van der Waals surface area contributed by atoms with Crippen LogP contribution in [0.4, 0.5) is 0 Å². The zero-order chi connectivity index (χ0) is 16.9. The zero-order valence-corrected chi connectivity index (χ0v) is 17.2. The fourth-order valence-corrected chi connectivity index (χ4v) is 3.35. The van der Waals surface area contributed by atoms with Gasteiger partial charge in [-0.05, 0) is 13.8 Å². The normalized spacial score (nSPS) is 21.0. The first kappa shape index (κ1) is 23.1. The summed E-state index contributed by atoms with van der Waals surface area (Å²) < 4.78 is 7.78. The van der Waals surface area contributed by atoms with Gasteiger partial charge in [0.25, 0.3) is 0 Å². The summed E-state index contributed by atoms with van der Waals surface area (Å²) in [7, 11) is 0. The average molecular weight is 409 g/mol. The van der Waals surface area contributed by atoms with E-state index in [1.54, 1.807) is 0 Å². The number of amides is 1. The van der Waals surface area contributed by atoms with Crippen molar-refractivity contribution in [3.8, 4) is 0 Å². The number of halogens is 2. The molecule has 2 aliphatic rings. The van der Waals surface area contributed by atoms with Crippen LogP contribution >= 0.6 is 24.8 Å². The van der Waals surface area contributed by atoms with Crippen molar-refractivity contribution in [2.75, 3.05) is 52.4 Å². The fraction of sp³-hybridized carbons (Fsp3) is 0.812. The van der Waals surface area contributed by atoms with Crippen LogP contribution in [-0.2, 0) is 16.1 Å². The molecule has 0 radical (unpaired) electrons. The molecule has 1 aromatic rings. The van der Waals surface area contributed by atoms with E-state index in [0.29, 0.717) is 13.0 Å². The summed E-state index contributed by atoms with van der Waals surface area (Å²) in [5, 5.41) is 7.68. The number of nitrogens with one attached hydrogen (secondary N) is 1. The Morgan fingerprint density at radius 3 is 2.62 bits per heavy atom. The first-order valence-corrected chi connectivity index (χ1v) is 8.82. The number of aromatic nitrogens is 3. The Morgan fingerprint density at radius 1 is 1.23 bits per heavy atom. The smallest absolute Gasteiger partial charge is 0.223 e. The van der Waals surface area contributed by atoms with Crippen LogP contribution in [0.3, 0.4) is 0 Å². The van der Waals surface area contributed by atoms with Gasteiger partial charge in [0.15, 0.2) is 0 Å². The number of aryl methyl sites for hydroxylation is 2. The molecule has 0 aliphatic carbocycles. The van der Waals surface area contributed by atoms with Crippen molar-refractivity contribution >= 4 is 30.7 Å². The second-order valence-electron chi connectivity index (χ2n) is 6.56. The third-order valence-corrected chi connectivity index (χ3v) is 4.67. The number of hydrogen-bond donors (Lipinski definition) is 1. The van der Waals surface area contributed by atoms with Crippen molar-refractivity contribution in [3.05, 3.63) is 11.6 Å². The summed E-state index contributed by atoms with van der Waals surface area (Å²) in [6, 6.07) is 0. The molecule has 0 bridgehead atoms. The Labute approximate surface area is 167 Å². The molecule has 0 saturated carbocycles. The number of piperazine rings is 1. The maximum absolute atomic E-state index is 12.3. The van der Waals surface area contributed by atoms with Gasteiger partial charge in [-0.25, -0.2) is 9.67 Å². The maximum atomic E-state index is 12.3. The van der Waals surface area contributed by atoms with Gasteiger partial charge in [-0.15, -0.1) is 24.8 Å². The van der Waals surface area contributed by atoms with E-state index in [1.807, 2.05) is 23.4 Å². The number of nitrogens with zero attached hydrogens (tertiary/aromatic N) is 5. The summed E-state index contributed by atoms with van der Waals surface area (Å²) in [4.78, 5) is 20.9. The summed E-state index contributed by atoms with van der Waals surface area (Å²) in [5.41, 5.74) is 0. The van der Waals surface area contributed by atoms with Gasteiger partial charge in [0.1, 0.15) is 11.6 Å². The fourth-order valence-electron chi connectivity index (χ4n) is 3.35. The molecule has 8 nitrogen and oxygen atoms in total. The highest BCUT2D eigenvalue weighted by Gasteiger charge is 2.23. The minimum atomic E-state index is 0. The Balaban J connectivity index is 0.00000169. The van der Waals surface area contributed by atoms with Crippen LogP contribution in [0.1, 0.15) is 18.1 Å². The number of rotatable bonds is 5. The number of morpholine rings is 1. The third-order valence-electron chi connectivity index (χ3n) is 4.67. The summed E-state index contributed by atoms with van der Waals surface area (Å²) in [5.74, 6) is 1.98. The van der Waals surface area contributed by atoms with Crippen LogP contribution in [0.15, 0.2) is 0 Å². The largest absolute Gasteiger partial charge is 0.374 e. The van der Waals surface area contributed by atoms with Gasteiger partial charge in [0, 0.05) is 52.2 Å². The molecule has 3 heterocycles. The first-order chi connectivity index (χ1) is 11.6. The van der Waals surface area contributed by atoms with Gasteiger partial charge in [-0.1, -0.05) is 0 Å². The van der Waals surface area contributed by atoms with Gasteiger partial charge >= 0.3 is 0 Å². The Kier molecular flexibility index (Phi) is 9.81. The van der Waals surface area contributed by atoms with E-state index >= 15 is 0 Å². The second-order valence-corrected chi connectivity index (χ2v) is 6.56. The molecule has 1 atom stereocenters. The molecule has 1 aromatic heterocycles. The quantitative estimate of drug-likeness (QED) is 0.752. The Bertz CT molecular complexity index is 565. The van der Waals surface area contributed by atoms with Crippen LogP contribution in [-0.4, -0.2) is 89.0 Å². The van der Waals surface area contributed by atoms with Crippen LogP contribution < -0.4 is 5.32 Å². The van der Waals surface area contributed by atoms with E-state index in [2.05, 4.69) is 20.3 Å². The van der Waals surface area contributed by atoms with E-state index in [0.717, 1.165) is 64.0 Å². The predicted octanol–water partition coefficient (Wildman–Crippen LogP) is 0.261. The van der Waals surface area contributed by atoms with Crippen molar-refractivity contribution in [1.82, 2.24) is 29.9 Å². The molecule has 1 N–H and O–H groups in total. The van der Waals surface area contributed by atoms with E-state index in [-0.39, 0.29) is 36.8 Å². The minimum absolute atomic E-state index is 0. The van der Waals surface area contributed by atoms with Crippen LogP contribution in [0.5, 0.6) is 0 Å². The van der Waals surface area contributed by atoms with E-state index in [4.69, 9.17) is 4.74 Å². The number of carbonyl (C=O) groups is 1. The molecule has 26 heavy (non-hydrogen) atoms. The molecular weight excluding hydrogens is 379 g/mol. The van der Waals surface area contributed by atoms with Crippen LogP contribution in [0.25, 0.3) is 0 Å². The lowest BCUT2D eigenvalue weighted by atomic mass is 10.2. The zero-order valence-electron chi connectivity index (χ0n) is 15.5.